The molecule has 1 nitrogen and oxygen atoms in total. The van der Waals surface area contributed by atoms with E-state index in [0.29, 0.717) is 12.8 Å². The van der Waals surface area contributed by atoms with Crippen molar-refractivity contribution in [2.45, 2.75) is 25.1 Å². The van der Waals surface area contributed by atoms with Crippen LogP contribution in [0.15, 0.2) is 30.9 Å². The molecule has 0 bridgehead atoms. The van der Waals surface area contributed by atoms with Crippen molar-refractivity contribution in [3.8, 4) is 0 Å². The number of hydrogen-bond donors (Lipinski definition) is 1. The summed E-state index contributed by atoms with van der Waals surface area (Å²) in [7, 11) is 0. The largest absolute Gasteiger partial charge is 0.419 e. The Morgan fingerprint density at radius 1 is 1.33 bits per heavy atom. The van der Waals surface area contributed by atoms with Crippen molar-refractivity contribution in [2.24, 2.45) is 5.73 Å². The number of nitrogens with two attached hydrogens (primary N) is 1. The van der Waals surface area contributed by atoms with Crippen LogP contribution in [0.5, 0.6) is 0 Å². The molecule has 1 aromatic carbocycles. The quantitative estimate of drug-likeness (QED) is 0.649. The Labute approximate surface area is 109 Å². The van der Waals surface area contributed by atoms with E-state index < -0.39 is 23.6 Å². The molecule has 0 unspecified atom stereocenters. The molecule has 18 heavy (non-hydrogen) atoms. The molecular formula is C12H14ClF4N. The molecule has 102 valence electrons. The number of alkyl halides is 3. The van der Waals surface area contributed by atoms with Gasteiger partial charge in [0.1, 0.15) is 5.82 Å². The lowest BCUT2D eigenvalue weighted by Gasteiger charge is -2.18. The van der Waals surface area contributed by atoms with Crippen LogP contribution in [0.25, 0.3) is 0 Å². The summed E-state index contributed by atoms with van der Waals surface area (Å²) in [4.78, 5) is 0. The van der Waals surface area contributed by atoms with E-state index in [1.54, 1.807) is 6.08 Å². The van der Waals surface area contributed by atoms with Crippen molar-refractivity contribution >= 4 is 12.4 Å². The van der Waals surface area contributed by atoms with Gasteiger partial charge in [-0.3, -0.25) is 0 Å². The van der Waals surface area contributed by atoms with Crippen LogP contribution < -0.4 is 5.73 Å². The standard InChI is InChI=1S/C12H13F4N.ClH/c1-2-3-7-10(17)8-5-4-6-9(13)11(8)12(14,15)16;/h2,4-6,10H,1,3,7,17H2;1H/t10-;/m1./s1. The van der Waals surface area contributed by atoms with Crippen LogP contribution in [0.1, 0.15) is 30.0 Å². The van der Waals surface area contributed by atoms with Crippen LogP contribution in [0, 0.1) is 5.82 Å². The van der Waals surface area contributed by atoms with Crippen LogP contribution in [0.4, 0.5) is 17.6 Å². The van der Waals surface area contributed by atoms with Gasteiger partial charge in [-0.05, 0) is 24.5 Å². The van der Waals surface area contributed by atoms with Crippen molar-refractivity contribution in [1.29, 1.82) is 0 Å². The van der Waals surface area contributed by atoms with Crippen molar-refractivity contribution in [3.63, 3.8) is 0 Å². The molecule has 0 saturated carbocycles. The number of hydrogen-bond acceptors (Lipinski definition) is 1. The fourth-order valence-corrected chi connectivity index (χ4v) is 1.60. The average molecular weight is 284 g/mol. The van der Waals surface area contributed by atoms with Gasteiger partial charge in [0.05, 0.1) is 5.56 Å². The van der Waals surface area contributed by atoms with Crippen LogP contribution >= 0.6 is 12.4 Å². The first-order chi connectivity index (χ1) is 7.88. The Morgan fingerprint density at radius 3 is 2.44 bits per heavy atom. The highest BCUT2D eigenvalue weighted by Gasteiger charge is 2.37. The van der Waals surface area contributed by atoms with Crippen molar-refractivity contribution in [3.05, 3.63) is 47.8 Å². The lowest BCUT2D eigenvalue weighted by Crippen LogP contribution is -2.19. The fourth-order valence-electron chi connectivity index (χ4n) is 1.60. The van der Waals surface area contributed by atoms with Gasteiger partial charge in [-0.25, -0.2) is 4.39 Å². The summed E-state index contributed by atoms with van der Waals surface area (Å²) < 4.78 is 51.3. The molecule has 0 amide bonds. The normalized spacial score (nSPS) is 12.7. The topological polar surface area (TPSA) is 26.0 Å². The molecule has 1 atom stereocenters. The Balaban J connectivity index is 0.00000289. The third kappa shape index (κ3) is 3.99. The number of benzene rings is 1. The third-order valence-corrected chi connectivity index (χ3v) is 2.41. The maximum atomic E-state index is 13.2. The minimum atomic E-state index is -4.73. The van der Waals surface area contributed by atoms with E-state index in [0.717, 1.165) is 6.07 Å². The fraction of sp³-hybridized carbons (Fsp3) is 0.333. The Bertz CT molecular complexity index is 404. The van der Waals surface area contributed by atoms with E-state index in [4.69, 9.17) is 5.73 Å². The van der Waals surface area contributed by atoms with E-state index in [1.165, 1.54) is 12.1 Å². The summed E-state index contributed by atoms with van der Waals surface area (Å²) in [5, 5.41) is 0. The molecule has 1 rings (SSSR count). The second-order valence-electron chi connectivity index (χ2n) is 3.67. The molecule has 0 spiro atoms. The molecule has 0 aliphatic heterocycles. The smallest absolute Gasteiger partial charge is 0.324 e. The van der Waals surface area contributed by atoms with Crippen molar-refractivity contribution in [1.82, 2.24) is 0 Å². The highest BCUT2D eigenvalue weighted by atomic mass is 35.5. The molecule has 0 heterocycles. The molecule has 1 aromatic rings. The van der Waals surface area contributed by atoms with Gasteiger partial charge in [-0.15, -0.1) is 19.0 Å². The maximum absolute atomic E-state index is 13.2. The van der Waals surface area contributed by atoms with Crippen LogP contribution in [0.2, 0.25) is 0 Å². The summed E-state index contributed by atoms with van der Waals surface area (Å²) in [5.74, 6) is -1.29. The Hall–Kier alpha value is -1.07. The van der Waals surface area contributed by atoms with Crippen LogP contribution in [-0.2, 0) is 6.18 Å². The minimum absolute atomic E-state index is 0. The van der Waals surface area contributed by atoms with E-state index in [1.807, 2.05) is 0 Å². The van der Waals surface area contributed by atoms with Gasteiger partial charge in [0, 0.05) is 6.04 Å². The van der Waals surface area contributed by atoms with Crippen molar-refractivity contribution < 1.29 is 17.6 Å². The van der Waals surface area contributed by atoms with Gasteiger partial charge < -0.3 is 5.73 Å². The summed E-state index contributed by atoms with van der Waals surface area (Å²) in [6, 6.07) is 2.38. The maximum Gasteiger partial charge on any atom is 0.419 e. The van der Waals surface area contributed by atoms with Gasteiger partial charge in [0.2, 0.25) is 0 Å². The zero-order valence-corrected chi connectivity index (χ0v) is 10.3. The van der Waals surface area contributed by atoms with Crippen molar-refractivity contribution in [2.75, 3.05) is 0 Å². The van der Waals surface area contributed by atoms with Crippen LogP contribution in [-0.4, -0.2) is 0 Å². The SMILES string of the molecule is C=CCC[C@@H](N)c1cccc(F)c1C(F)(F)F.Cl. The van der Waals surface area contributed by atoms with E-state index in [2.05, 4.69) is 6.58 Å². The highest BCUT2D eigenvalue weighted by molar-refractivity contribution is 5.85. The minimum Gasteiger partial charge on any atom is -0.324 e. The first-order valence-corrected chi connectivity index (χ1v) is 5.10. The Morgan fingerprint density at radius 2 is 1.94 bits per heavy atom. The first-order valence-electron chi connectivity index (χ1n) is 5.10. The van der Waals surface area contributed by atoms with Gasteiger partial charge >= 0.3 is 6.18 Å². The van der Waals surface area contributed by atoms with Gasteiger partial charge in [-0.1, -0.05) is 18.2 Å². The zero-order valence-electron chi connectivity index (χ0n) is 9.51. The predicted octanol–water partition coefficient (Wildman–Crippen LogP) is 4.23. The third-order valence-electron chi connectivity index (χ3n) is 2.41. The lowest BCUT2D eigenvalue weighted by molar-refractivity contribution is -0.140. The monoisotopic (exact) mass is 283 g/mol. The molecule has 6 heteroatoms. The highest BCUT2D eigenvalue weighted by Crippen LogP contribution is 2.36. The lowest BCUT2D eigenvalue weighted by atomic mass is 9.96. The predicted molar refractivity (Wildman–Crippen MR) is 65.0 cm³/mol. The average Bonchev–Trinajstić information content (AvgIpc) is 2.23. The number of allylic oxidation sites excluding steroid dienone is 1. The van der Waals surface area contributed by atoms with Gasteiger partial charge in [-0.2, -0.15) is 13.2 Å². The summed E-state index contributed by atoms with van der Waals surface area (Å²) in [5.41, 5.74) is 4.16. The summed E-state index contributed by atoms with van der Waals surface area (Å²) in [6.45, 7) is 3.46. The Kier molecular flexibility index (Phi) is 6.35. The number of halogens is 5. The van der Waals surface area contributed by atoms with Gasteiger partial charge in [0.15, 0.2) is 0 Å². The molecule has 0 saturated heterocycles. The van der Waals surface area contributed by atoms with E-state index in [-0.39, 0.29) is 18.0 Å². The zero-order chi connectivity index (χ0) is 13.1. The molecule has 2 N–H and O–H groups in total. The summed E-state index contributed by atoms with van der Waals surface area (Å²) >= 11 is 0. The van der Waals surface area contributed by atoms with E-state index in [9.17, 15) is 17.6 Å². The first kappa shape index (κ1) is 16.9. The molecule has 0 aliphatic rings. The molecular weight excluding hydrogens is 270 g/mol. The molecule has 0 radical (unpaired) electrons. The molecule has 0 fully saturated rings. The van der Waals surface area contributed by atoms with Crippen LogP contribution in [0.3, 0.4) is 0 Å². The van der Waals surface area contributed by atoms with Gasteiger partial charge in [0.25, 0.3) is 0 Å². The summed E-state index contributed by atoms with van der Waals surface area (Å²) in [6.07, 6.45) is -2.39. The molecule has 0 aromatic heterocycles. The molecule has 0 aliphatic carbocycles. The van der Waals surface area contributed by atoms with E-state index >= 15 is 0 Å². The number of rotatable bonds is 4. The second kappa shape index (κ2) is 6.75. The second-order valence-corrected chi connectivity index (χ2v) is 3.67.